The van der Waals surface area contributed by atoms with Crippen LogP contribution in [0.15, 0.2) is 48.5 Å². The SMILES string of the molecule is CCCOc1ccccc1C(Cc1ccc(Cl)cc1)NN. The standard InChI is InChI=1S/C17H21ClN2O/c1-2-11-21-17-6-4-3-5-15(17)16(20-19)12-13-7-9-14(18)10-8-13/h3-10,16,20H,2,11-12,19H2,1H3. The van der Waals surface area contributed by atoms with Gasteiger partial charge in [0.15, 0.2) is 0 Å². The Morgan fingerprint density at radius 2 is 1.86 bits per heavy atom. The monoisotopic (exact) mass is 304 g/mol. The summed E-state index contributed by atoms with van der Waals surface area (Å²) < 4.78 is 5.81. The van der Waals surface area contributed by atoms with Crippen LogP contribution in [0.5, 0.6) is 5.75 Å². The summed E-state index contributed by atoms with van der Waals surface area (Å²) in [5.74, 6) is 6.63. The summed E-state index contributed by atoms with van der Waals surface area (Å²) in [6.07, 6.45) is 1.76. The van der Waals surface area contributed by atoms with Gasteiger partial charge in [-0.25, -0.2) is 0 Å². The van der Waals surface area contributed by atoms with E-state index in [-0.39, 0.29) is 6.04 Å². The van der Waals surface area contributed by atoms with Gasteiger partial charge in [0.25, 0.3) is 0 Å². The van der Waals surface area contributed by atoms with Crippen molar-refractivity contribution in [1.29, 1.82) is 0 Å². The minimum atomic E-state index is -0.000711. The van der Waals surface area contributed by atoms with E-state index in [0.717, 1.165) is 29.2 Å². The van der Waals surface area contributed by atoms with E-state index in [1.54, 1.807) is 0 Å². The Morgan fingerprint density at radius 1 is 1.14 bits per heavy atom. The molecule has 0 spiro atoms. The van der Waals surface area contributed by atoms with E-state index < -0.39 is 0 Å². The van der Waals surface area contributed by atoms with Crippen molar-refractivity contribution in [2.24, 2.45) is 5.84 Å². The molecule has 0 saturated carbocycles. The number of ether oxygens (including phenoxy) is 1. The Balaban J connectivity index is 2.18. The van der Waals surface area contributed by atoms with Crippen LogP contribution < -0.4 is 16.0 Å². The molecule has 3 N–H and O–H groups in total. The van der Waals surface area contributed by atoms with Gasteiger partial charge in [-0.1, -0.05) is 48.9 Å². The van der Waals surface area contributed by atoms with Gasteiger partial charge in [0, 0.05) is 10.6 Å². The van der Waals surface area contributed by atoms with E-state index in [0.29, 0.717) is 6.61 Å². The number of nitrogens with two attached hydrogens (primary N) is 1. The van der Waals surface area contributed by atoms with Crippen LogP contribution in [0.1, 0.15) is 30.5 Å². The number of benzene rings is 2. The molecule has 112 valence electrons. The largest absolute Gasteiger partial charge is 0.493 e. The summed E-state index contributed by atoms with van der Waals surface area (Å²) in [5.41, 5.74) is 5.13. The van der Waals surface area contributed by atoms with E-state index in [1.807, 2.05) is 48.5 Å². The zero-order valence-corrected chi connectivity index (χ0v) is 12.9. The van der Waals surface area contributed by atoms with Gasteiger partial charge >= 0.3 is 0 Å². The van der Waals surface area contributed by atoms with Crippen LogP contribution in [-0.4, -0.2) is 6.61 Å². The Bertz CT molecular complexity index is 557. The number of para-hydroxylation sites is 1. The van der Waals surface area contributed by atoms with Crippen molar-refractivity contribution in [3.8, 4) is 5.75 Å². The fourth-order valence-electron chi connectivity index (χ4n) is 2.23. The van der Waals surface area contributed by atoms with Gasteiger partial charge in [-0.15, -0.1) is 0 Å². The average Bonchev–Trinajstić information content (AvgIpc) is 2.53. The molecule has 0 bridgehead atoms. The summed E-state index contributed by atoms with van der Waals surface area (Å²) in [7, 11) is 0. The normalized spacial score (nSPS) is 12.1. The predicted molar refractivity (Wildman–Crippen MR) is 87.4 cm³/mol. The van der Waals surface area contributed by atoms with Gasteiger partial charge in [0.05, 0.1) is 12.6 Å². The van der Waals surface area contributed by atoms with E-state index in [4.69, 9.17) is 22.2 Å². The Labute approximate surface area is 131 Å². The van der Waals surface area contributed by atoms with E-state index in [9.17, 15) is 0 Å². The third-order valence-electron chi connectivity index (χ3n) is 3.31. The second-order valence-electron chi connectivity index (χ2n) is 4.94. The maximum absolute atomic E-state index is 5.92. The molecular weight excluding hydrogens is 284 g/mol. The van der Waals surface area contributed by atoms with Crippen LogP contribution in [-0.2, 0) is 6.42 Å². The van der Waals surface area contributed by atoms with Crippen LogP contribution in [0.3, 0.4) is 0 Å². The summed E-state index contributed by atoms with van der Waals surface area (Å²) in [4.78, 5) is 0. The lowest BCUT2D eigenvalue weighted by Crippen LogP contribution is -2.30. The molecule has 2 aromatic rings. The molecule has 21 heavy (non-hydrogen) atoms. The second-order valence-corrected chi connectivity index (χ2v) is 5.37. The van der Waals surface area contributed by atoms with E-state index in [2.05, 4.69) is 12.3 Å². The smallest absolute Gasteiger partial charge is 0.124 e. The van der Waals surface area contributed by atoms with Crippen LogP contribution in [0.2, 0.25) is 5.02 Å². The van der Waals surface area contributed by atoms with E-state index >= 15 is 0 Å². The molecule has 0 aliphatic heterocycles. The van der Waals surface area contributed by atoms with Crippen LogP contribution in [0.25, 0.3) is 0 Å². The highest BCUT2D eigenvalue weighted by Crippen LogP contribution is 2.27. The van der Waals surface area contributed by atoms with Crippen LogP contribution in [0.4, 0.5) is 0 Å². The first kappa shape index (κ1) is 15.8. The first-order chi connectivity index (χ1) is 10.2. The molecule has 1 unspecified atom stereocenters. The molecule has 4 heteroatoms. The van der Waals surface area contributed by atoms with Gasteiger partial charge in [0.2, 0.25) is 0 Å². The molecular formula is C17H21ClN2O. The molecule has 2 rings (SSSR count). The highest BCUT2D eigenvalue weighted by atomic mass is 35.5. The molecule has 0 fully saturated rings. The molecule has 3 nitrogen and oxygen atoms in total. The summed E-state index contributed by atoms with van der Waals surface area (Å²) >= 11 is 5.92. The summed E-state index contributed by atoms with van der Waals surface area (Å²) in [6.45, 7) is 2.80. The number of halogens is 1. The zero-order chi connectivity index (χ0) is 15.1. The lowest BCUT2D eigenvalue weighted by Gasteiger charge is -2.20. The van der Waals surface area contributed by atoms with Crippen LogP contribution in [0, 0.1) is 0 Å². The molecule has 0 heterocycles. The second kappa shape index (κ2) is 8.03. The fourth-order valence-corrected chi connectivity index (χ4v) is 2.35. The predicted octanol–water partition coefficient (Wildman–Crippen LogP) is 3.88. The van der Waals surface area contributed by atoms with Gasteiger partial charge in [-0.2, -0.15) is 0 Å². The van der Waals surface area contributed by atoms with Crippen molar-refractivity contribution in [1.82, 2.24) is 5.43 Å². The maximum Gasteiger partial charge on any atom is 0.124 e. The number of hydrogen-bond donors (Lipinski definition) is 2. The molecule has 0 aliphatic rings. The van der Waals surface area contributed by atoms with Crippen molar-refractivity contribution in [3.05, 3.63) is 64.7 Å². The van der Waals surface area contributed by atoms with Crippen molar-refractivity contribution in [2.45, 2.75) is 25.8 Å². The number of nitrogens with one attached hydrogen (secondary N) is 1. The zero-order valence-electron chi connectivity index (χ0n) is 12.2. The van der Waals surface area contributed by atoms with Gasteiger partial charge in [0.1, 0.15) is 5.75 Å². The quantitative estimate of drug-likeness (QED) is 0.603. The van der Waals surface area contributed by atoms with Crippen LogP contribution >= 0.6 is 11.6 Å². The average molecular weight is 305 g/mol. The summed E-state index contributed by atoms with van der Waals surface area (Å²) in [6, 6.07) is 15.8. The Morgan fingerprint density at radius 3 is 2.52 bits per heavy atom. The minimum absolute atomic E-state index is 0.000711. The molecule has 2 aromatic carbocycles. The molecule has 0 saturated heterocycles. The van der Waals surface area contributed by atoms with Crippen molar-refractivity contribution >= 4 is 11.6 Å². The first-order valence-electron chi connectivity index (χ1n) is 7.17. The molecule has 1 atom stereocenters. The third-order valence-corrected chi connectivity index (χ3v) is 3.56. The Hall–Kier alpha value is -1.55. The fraction of sp³-hybridized carbons (Fsp3) is 0.294. The minimum Gasteiger partial charge on any atom is -0.493 e. The van der Waals surface area contributed by atoms with E-state index in [1.165, 1.54) is 5.56 Å². The number of hydrazine groups is 1. The summed E-state index contributed by atoms with van der Waals surface area (Å²) in [5, 5.41) is 0.739. The van der Waals surface area contributed by atoms with Crippen molar-refractivity contribution < 1.29 is 4.74 Å². The molecule has 0 amide bonds. The van der Waals surface area contributed by atoms with Gasteiger partial charge < -0.3 is 4.74 Å². The van der Waals surface area contributed by atoms with Crippen molar-refractivity contribution in [2.75, 3.05) is 6.61 Å². The lowest BCUT2D eigenvalue weighted by atomic mass is 9.98. The van der Waals surface area contributed by atoms with Gasteiger partial charge in [-0.05, 0) is 36.6 Å². The Kier molecular flexibility index (Phi) is 6.05. The highest BCUT2D eigenvalue weighted by molar-refractivity contribution is 6.30. The number of hydrogen-bond acceptors (Lipinski definition) is 3. The topological polar surface area (TPSA) is 47.3 Å². The lowest BCUT2D eigenvalue weighted by molar-refractivity contribution is 0.310. The maximum atomic E-state index is 5.92. The molecule has 0 radical (unpaired) electrons. The van der Waals surface area contributed by atoms with Gasteiger partial charge in [-0.3, -0.25) is 11.3 Å². The molecule has 0 aromatic heterocycles. The third kappa shape index (κ3) is 4.46. The van der Waals surface area contributed by atoms with Crippen molar-refractivity contribution in [3.63, 3.8) is 0 Å². The highest BCUT2D eigenvalue weighted by Gasteiger charge is 2.15. The number of rotatable bonds is 7. The first-order valence-corrected chi connectivity index (χ1v) is 7.54. The molecule has 0 aliphatic carbocycles.